The van der Waals surface area contributed by atoms with Gasteiger partial charge in [0.15, 0.2) is 0 Å². The molecule has 0 aliphatic carbocycles. The predicted octanol–water partition coefficient (Wildman–Crippen LogP) is 2.78. The lowest BCUT2D eigenvalue weighted by atomic mass is 9.80. The molecule has 0 saturated heterocycles. The maximum atomic E-state index is 11.9. The summed E-state index contributed by atoms with van der Waals surface area (Å²) in [5, 5.41) is 20.9. The molecule has 3 N–H and O–H groups in total. The van der Waals surface area contributed by atoms with Crippen LogP contribution in [0.3, 0.4) is 0 Å². The second kappa shape index (κ2) is 8.33. The fraction of sp³-hybridized carbons (Fsp3) is 0.0500. The predicted molar refractivity (Wildman–Crippen MR) is 102 cm³/mol. The van der Waals surface area contributed by atoms with Gasteiger partial charge in [0.25, 0.3) is 0 Å². The number of hydrogen-bond acceptors (Lipinski definition) is 4. The Morgan fingerprint density at radius 1 is 0.846 bits per heavy atom. The summed E-state index contributed by atoms with van der Waals surface area (Å²) in [5.41, 5.74) is 3.89. The summed E-state index contributed by atoms with van der Waals surface area (Å²) in [6.07, 6.45) is -0.511. The standard InChI is InChI=1S/C20H18BNO4/c23-20(26-14-15-4-2-1-3-5-15)22-19-12-8-17(9-13-19)16-6-10-18(11-7-16)21(24)25/h1-13,24-25H,14H2,(H,22,23). The van der Waals surface area contributed by atoms with Crippen molar-refractivity contribution in [2.75, 3.05) is 5.32 Å². The van der Waals surface area contributed by atoms with Crippen molar-refractivity contribution in [3.8, 4) is 11.1 Å². The monoisotopic (exact) mass is 347 g/mol. The number of ether oxygens (including phenoxy) is 1. The number of carbonyl (C=O) groups is 1. The molecule has 3 aromatic carbocycles. The van der Waals surface area contributed by atoms with Crippen LogP contribution in [0, 0.1) is 0 Å². The molecule has 0 aliphatic rings. The maximum absolute atomic E-state index is 11.9. The van der Waals surface area contributed by atoms with Crippen molar-refractivity contribution in [3.05, 3.63) is 84.4 Å². The third kappa shape index (κ3) is 4.72. The number of hydrogen-bond donors (Lipinski definition) is 3. The summed E-state index contributed by atoms with van der Waals surface area (Å²) in [5.74, 6) is 0. The van der Waals surface area contributed by atoms with Crippen LogP contribution in [-0.2, 0) is 11.3 Å². The average molecular weight is 347 g/mol. The van der Waals surface area contributed by atoms with Crippen molar-refractivity contribution in [1.82, 2.24) is 0 Å². The summed E-state index contributed by atoms with van der Waals surface area (Å²) >= 11 is 0. The lowest BCUT2D eigenvalue weighted by Gasteiger charge is -2.08. The fourth-order valence-corrected chi connectivity index (χ4v) is 2.47. The summed E-state index contributed by atoms with van der Waals surface area (Å²) in [7, 11) is -1.47. The molecule has 1 amide bonds. The Bertz CT molecular complexity index is 849. The van der Waals surface area contributed by atoms with E-state index in [1.54, 1.807) is 24.3 Å². The van der Waals surface area contributed by atoms with Crippen LogP contribution in [0.4, 0.5) is 10.5 Å². The Morgan fingerprint density at radius 2 is 1.42 bits per heavy atom. The lowest BCUT2D eigenvalue weighted by Crippen LogP contribution is -2.29. The van der Waals surface area contributed by atoms with Gasteiger partial charge < -0.3 is 14.8 Å². The van der Waals surface area contributed by atoms with Crippen molar-refractivity contribution in [2.45, 2.75) is 6.61 Å². The van der Waals surface area contributed by atoms with Crippen molar-refractivity contribution in [1.29, 1.82) is 0 Å². The van der Waals surface area contributed by atoms with Gasteiger partial charge in [-0.1, -0.05) is 66.7 Å². The molecule has 130 valence electrons. The molecule has 0 unspecified atom stereocenters. The number of benzene rings is 3. The van der Waals surface area contributed by atoms with Crippen molar-refractivity contribution >= 4 is 24.4 Å². The van der Waals surface area contributed by atoms with Crippen LogP contribution in [0.5, 0.6) is 0 Å². The Hall–Kier alpha value is -3.09. The van der Waals surface area contributed by atoms with Crippen LogP contribution >= 0.6 is 0 Å². The third-order valence-corrected chi connectivity index (χ3v) is 3.89. The third-order valence-electron chi connectivity index (χ3n) is 3.89. The maximum Gasteiger partial charge on any atom is 0.488 e. The largest absolute Gasteiger partial charge is 0.488 e. The van der Waals surface area contributed by atoms with Gasteiger partial charge in [0, 0.05) is 5.69 Å². The van der Waals surface area contributed by atoms with Crippen LogP contribution in [0.15, 0.2) is 78.9 Å². The molecular formula is C20H18BNO4. The average Bonchev–Trinajstić information content (AvgIpc) is 2.68. The lowest BCUT2D eigenvalue weighted by molar-refractivity contribution is 0.155. The highest BCUT2D eigenvalue weighted by atomic mass is 16.5. The number of rotatable bonds is 5. The van der Waals surface area contributed by atoms with Crippen LogP contribution in [0.2, 0.25) is 0 Å². The second-order valence-corrected chi connectivity index (χ2v) is 5.76. The van der Waals surface area contributed by atoms with E-state index in [0.717, 1.165) is 16.7 Å². The molecule has 0 bridgehead atoms. The highest BCUT2D eigenvalue weighted by Crippen LogP contribution is 2.21. The molecule has 0 spiro atoms. The number of nitrogens with one attached hydrogen (secondary N) is 1. The second-order valence-electron chi connectivity index (χ2n) is 5.76. The smallest absolute Gasteiger partial charge is 0.444 e. The molecule has 3 aromatic rings. The zero-order valence-corrected chi connectivity index (χ0v) is 14.0. The summed E-state index contributed by atoms with van der Waals surface area (Å²) in [6, 6.07) is 23.7. The minimum atomic E-state index is -1.47. The van der Waals surface area contributed by atoms with E-state index in [0.29, 0.717) is 11.2 Å². The number of carbonyl (C=O) groups excluding carboxylic acids is 1. The van der Waals surface area contributed by atoms with Crippen LogP contribution in [-0.4, -0.2) is 23.3 Å². The van der Waals surface area contributed by atoms with E-state index >= 15 is 0 Å². The van der Waals surface area contributed by atoms with Crippen molar-refractivity contribution in [3.63, 3.8) is 0 Å². The normalized spacial score (nSPS) is 10.2. The van der Waals surface area contributed by atoms with Gasteiger partial charge in [0.2, 0.25) is 0 Å². The number of anilines is 1. The van der Waals surface area contributed by atoms with Crippen LogP contribution < -0.4 is 10.8 Å². The van der Waals surface area contributed by atoms with E-state index in [2.05, 4.69) is 5.32 Å². The topological polar surface area (TPSA) is 78.8 Å². The first kappa shape index (κ1) is 17.7. The Kier molecular flexibility index (Phi) is 5.68. The van der Waals surface area contributed by atoms with Gasteiger partial charge in [0.1, 0.15) is 6.61 Å². The van der Waals surface area contributed by atoms with Gasteiger partial charge in [0.05, 0.1) is 0 Å². The molecule has 0 saturated carbocycles. The Labute approximate surface area is 152 Å². The first-order valence-electron chi connectivity index (χ1n) is 8.16. The molecule has 3 rings (SSSR count). The molecule has 5 nitrogen and oxygen atoms in total. The Morgan fingerprint density at radius 3 is 2.00 bits per heavy atom. The Balaban J connectivity index is 1.58. The van der Waals surface area contributed by atoms with Gasteiger partial charge in [-0.05, 0) is 34.3 Å². The van der Waals surface area contributed by atoms with Crippen molar-refractivity contribution < 1.29 is 19.6 Å². The zero-order chi connectivity index (χ0) is 18.4. The molecule has 26 heavy (non-hydrogen) atoms. The quantitative estimate of drug-likeness (QED) is 0.620. The fourth-order valence-electron chi connectivity index (χ4n) is 2.47. The summed E-state index contributed by atoms with van der Waals surface area (Å²) in [6.45, 7) is 0.216. The molecule has 0 aliphatic heterocycles. The minimum Gasteiger partial charge on any atom is -0.444 e. The van der Waals surface area contributed by atoms with Gasteiger partial charge in [-0.3, -0.25) is 5.32 Å². The van der Waals surface area contributed by atoms with Gasteiger partial charge in [-0.2, -0.15) is 0 Å². The minimum absolute atomic E-state index is 0.216. The van der Waals surface area contributed by atoms with Crippen LogP contribution in [0.1, 0.15) is 5.56 Å². The SMILES string of the molecule is O=C(Nc1ccc(-c2ccc(B(O)O)cc2)cc1)OCc1ccccc1. The van der Waals surface area contributed by atoms with E-state index in [1.807, 2.05) is 54.6 Å². The molecular weight excluding hydrogens is 329 g/mol. The number of amides is 1. The highest BCUT2D eigenvalue weighted by Gasteiger charge is 2.10. The summed E-state index contributed by atoms with van der Waals surface area (Å²) < 4.78 is 5.19. The van der Waals surface area contributed by atoms with E-state index in [1.165, 1.54) is 0 Å². The first-order chi connectivity index (χ1) is 12.6. The molecule has 0 heterocycles. The van der Waals surface area contributed by atoms with Gasteiger partial charge >= 0.3 is 13.2 Å². The van der Waals surface area contributed by atoms with E-state index in [4.69, 9.17) is 14.8 Å². The first-order valence-corrected chi connectivity index (χ1v) is 8.16. The molecule has 0 atom stereocenters. The molecule has 0 aromatic heterocycles. The molecule has 0 radical (unpaired) electrons. The van der Waals surface area contributed by atoms with Gasteiger partial charge in [-0.25, -0.2) is 4.79 Å². The summed E-state index contributed by atoms with van der Waals surface area (Å²) in [4.78, 5) is 11.9. The van der Waals surface area contributed by atoms with E-state index in [9.17, 15) is 4.79 Å². The molecule has 0 fully saturated rings. The zero-order valence-electron chi connectivity index (χ0n) is 14.0. The van der Waals surface area contributed by atoms with Crippen LogP contribution in [0.25, 0.3) is 11.1 Å². The van der Waals surface area contributed by atoms with E-state index in [-0.39, 0.29) is 6.61 Å². The van der Waals surface area contributed by atoms with E-state index < -0.39 is 13.2 Å². The van der Waals surface area contributed by atoms with Crippen molar-refractivity contribution in [2.24, 2.45) is 0 Å². The highest BCUT2D eigenvalue weighted by molar-refractivity contribution is 6.58. The van der Waals surface area contributed by atoms with Gasteiger partial charge in [-0.15, -0.1) is 0 Å². The molecule has 6 heteroatoms.